The molecular weight excluding hydrogens is 162 g/mol. The van der Waals surface area contributed by atoms with Crippen LogP contribution in [0.15, 0.2) is 24.3 Å². The Labute approximate surface area is 80.9 Å². The van der Waals surface area contributed by atoms with Gasteiger partial charge in [0.15, 0.2) is 0 Å². The summed E-state index contributed by atoms with van der Waals surface area (Å²) in [6, 6.07) is 0. The number of amides is 1. The first-order valence-corrected chi connectivity index (χ1v) is 4.77. The van der Waals surface area contributed by atoms with E-state index in [1.807, 2.05) is 30.7 Å². The number of rotatable bonds is 7. The van der Waals surface area contributed by atoms with Gasteiger partial charge in [0.05, 0.1) is 0 Å². The quantitative estimate of drug-likeness (QED) is 0.435. The highest BCUT2D eigenvalue weighted by molar-refractivity contribution is 5.48. The van der Waals surface area contributed by atoms with Crippen LogP contribution in [0, 0.1) is 0 Å². The molecule has 0 saturated carbocycles. The maximum Gasteiger partial charge on any atom is 0.312 e. The molecule has 0 aliphatic heterocycles. The molecule has 2 heteroatoms. The van der Waals surface area contributed by atoms with Gasteiger partial charge in [0, 0.05) is 13.1 Å². The predicted octanol–water partition coefficient (Wildman–Crippen LogP) is 2.29. The lowest BCUT2D eigenvalue weighted by Crippen LogP contribution is -2.21. The third-order valence-electron chi connectivity index (χ3n) is 1.59. The molecule has 0 unspecified atom stereocenters. The average molecular weight is 180 g/mol. The van der Waals surface area contributed by atoms with Crippen LogP contribution < -0.4 is 0 Å². The fourth-order valence-corrected chi connectivity index (χ4v) is 0.886. The molecule has 0 aliphatic rings. The van der Waals surface area contributed by atoms with Crippen LogP contribution in [0.3, 0.4) is 0 Å². The lowest BCUT2D eigenvalue weighted by atomic mass is 10.3. The van der Waals surface area contributed by atoms with Crippen molar-refractivity contribution < 1.29 is 4.79 Å². The first-order chi connectivity index (χ1) is 6.35. The van der Waals surface area contributed by atoms with Gasteiger partial charge in [-0.1, -0.05) is 38.2 Å². The molecule has 0 rings (SSSR count). The fraction of sp³-hybridized carbons (Fsp3) is 0.545. The van der Waals surface area contributed by atoms with Crippen molar-refractivity contribution in [1.29, 1.82) is 0 Å². The van der Waals surface area contributed by atoms with Gasteiger partial charge in [0.1, 0.15) is 0 Å². The van der Waals surface area contributed by atoms with Crippen LogP contribution in [0.5, 0.6) is 0 Å². The Morgan fingerprint density at radius 2 is 1.46 bits per heavy atom. The standard InChI is InChI=1S/C11H18NO/c1-3-5-7-9-12(11-13)10-8-6-4-2/h5-8H,3-4,9-10H2,1-2H3/b7-5+,8-6+. The molecule has 0 aromatic heterocycles. The molecule has 1 amide bonds. The Hall–Kier alpha value is -1.05. The van der Waals surface area contributed by atoms with Crippen LogP contribution in [-0.4, -0.2) is 24.4 Å². The molecule has 2 nitrogen and oxygen atoms in total. The van der Waals surface area contributed by atoms with E-state index >= 15 is 0 Å². The first-order valence-electron chi connectivity index (χ1n) is 4.77. The average Bonchev–Trinajstić information content (AvgIpc) is 2.16. The Morgan fingerprint density at radius 3 is 1.77 bits per heavy atom. The minimum atomic E-state index is 0.658. The molecule has 0 spiro atoms. The molecule has 0 heterocycles. The van der Waals surface area contributed by atoms with Crippen molar-refractivity contribution in [3.63, 3.8) is 0 Å². The zero-order chi connectivity index (χ0) is 9.94. The van der Waals surface area contributed by atoms with Gasteiger partial charge < -0.3 is 4.90 Å². The van der Waals surface area contributed by atoms with E-state index in [1.165, 1.54) is 0 Å². The predicted molar refractivity (Wildman–Crippen MR) is 56.1 cm³/mol. The summed E-state index contributed by atoms with van der Waals surface area (Å²) in [5.74, 6) is 0. The molecule has 0 aromatic rings. The molecule has 1 radical (unpaired) electrons. The van der Waals surface area contributed by atoms with Crippen LogP contribution in [0.4, 0.5) is 0 Å². The normalized spacial score (nSPS) is 11.2. The van der Waals surface area contributed by atoms with Crippen molar-refractivity contribution in [1.82, 2.24) is 4.90 Å². The first kappa shape index (κ1) is 11.9. The van der Waals surface area contributed by atoms with Gasteiger partial charge in [-0.3, -0.25) is 4.79 Å². The van der Waals surface area contributed by atoms with Gasteiger partial charge in [-0.15, -0.1) is 0 Å². The number of allylic oxidation sites excluding steroid dienone is 2. The van der Waals surface area contributed by atoms with Gasteiger partial charge in [-0.2, -0.15) is 0 Å². The Balaban J connectivity index is 3.69. The second-order valence-corrected chi connectivity index (χ2v) is 2.76. The van der Waals surface area contributed by atoms with Crippen molar-refractivity contribution >= 4 is 6.41 Å². The van der Waals surface area contributed by atoms with E-state index in [0.717, 1.165) is 12.8 Å². The number of hydrogen-bond acceptors (Lipinski definition) is 1. The summed E-state index contributed by atoms with van der Waals surface area (Å²) in [7, 11) is 0. The van der Waals surface area contributed by atoms with Crippen LogP contribution in [0.2, 0.25) is 0 Å². The minimum Gasteiger partial charge on any atom is -0.327 e. The van der Waals surface area contributed by atoms with Gasteiger partial charge in [-0.25, -0.2) is 0 Å². The SMILES string of the molecule is CC/C=C/CN([C]=O)C/C=C/CC. The maximum absolute atomic E-state index is 10.4. The Morgan fingerprint density at radius 1 is 1.00 bits per heavy atom. The van der Waals surface area contributed by atoms with E-state index in [-0.39, 0.29) is 0 Å². The van der Waals surface area contributed by atoms with Crippen molar-refractivity contribution in [2.45, 2.75) is 26.7 Å². The summed E-state index contributed by atoms with van der Waals surface area (Å²) >= 11 is 0. The summed E-state index contributed by atoms with van der Waals surface area (Å²) in [4.78, 5) is 12.0. The molecule has 0 bridgehead atoms. The molecule has 0 N–H and O–H groups in total. The van der Waals surface area contributed by atoms with Gasteiger partial charge in [0.2, 0.25) is 0 Å². The molecule has 0 fully saturated rings. The zero-order valence-corrected chi connectivity index (χ0v) is 8.49. The van der Waals surface area contributed by atoms with Crippen LogP contribution in [0.25, 0.3) is 0 Å². The van der Waals surface area contributed by atoms with Crippen LogP contribution in [-0.2, 0) is 4.79 Å². The van der Waals surface area contributed by atoms with Gasteiger partial charge in [0.25, 0.3) is 0 Å². The monoisotopic (exact) mass is 180 g/mol. The van der Waals surface area contributed by atoms with E-state index in [0.29, 0.717) is 13.1 Å². The molecule has 73 valence electrons. The maximum atomic E-state index is 10.4. The number of nitrogens with zero attached hydrogens (tertiary/aromatic N) is 1. The fourth-order valence-electron chi connectivity index (χ4n) is 0.886. The largest absolute Gasteiger partial charge is 0.327 e. The van der Waals surface area contributed by atoms with E-state index in [1.54, 1.807) is 4.90 Å². The lowest BCUT2D eigenvalue weighted by molar-refractivity contribution is 0.436. The van der Waals surface area contributed by atoms with E-state index in [4.69, 9.17) is 0 Å². The summed E-state index contributed by atoms with van der Waals surface area (Å²) in [6.07, 6.45) is 12.0. The second-order valence-electron chi connectivity index (χ2n) is 2.76. The highest BCUT2D eigenvalue weighted by Gasteiger charge is 1.94. The van der Waals surface area contributed by atoms with E-state index in [9.17, 15) is 4.79 Å². The summed E-state index contributed by atoms with van der Waals surface area (Å²) < 4.78 is 0. The molecule has 0 aliphatic carbocycles. The minimum absolute atomic E-state index is 0.658. The highest BCUT2D eigenvalue weighted by Crippen LogP contribution is 1.88. The van der Waals surface area contributed by atoms with Crippen molar-refractivity contribution in [2.75, 3.05) is 13.1 Å². The molecule has 0 atom stereocenters. The molecule has 0 aromatic carbocycles. The molecule has 13 heavy (non-hydrogen) atoms. The van der Waals surface area contributed by atoms with E-state index < -0.39 is 0 Å². The Kier molecular flexibility index (Phi) is 8.31. The van der Waals surface area contributed by atoms with E-state index in [2.05, 4.69) is 13.8 Å². The van der Waals surface area contributed by atoms with Gasteiger partial charge in [-0.05, 0) is 12.8 Å². The van der Waals surface area contributed by atoms with Crippen LogP contribution >= 0.6 is 0 Å². The third-order valence-corrected chi connectivity index (χ3v) is 1.59. The smallest absolute Gasteiger partial charge is 0.312 e. The summed E-state index contributed by atoms with van der Waals surface area (Å²) in [5, 5.41) is 0. The number of carbonyl (C=O) groups excluding carboxylic acids is 1. The van der Waals surface area contributed by atoms with Gasteiger partial charge >= 0.3 is 6.41 Å². The van der Waals surface area contributed by atoms with Crippen molar-refractivity contribution in [3.8, 4) is 0 Å². The summed E-state index contributed by atoms with van der Waals surface area (Å²) in [6.45, 7) is 5.46. The topological polar surface area (TPSA) is 20.3 Å². The lowest BCUT2D eigenvalue weighted by Gasteiger charge is -2.10. The highest BCUT2D eigenvalue weighted by atomic mass is 16.1. The molecular formula is C11H18NO. The van der Waals surface area contributed by atoms with Crippen molar-refractivity contribution in [3.05, 3.63) is 24.3 Å². The number of hydrogen-bond donors (Lipinski definition) is 0. The van der Waals surface area contributed by atoms with Crippen molar-refractivity contribution in [2.24, 2.45) is 0 Å². The Bertz CT molecular complexity index is 157. The summed E-state index contributed by atoms with van der Waals surface area (Å²) in [5.41, 5.74) is 0. The second kappa shape index (κ2) is 9.04. The zero-order valence-electron chi connectivity index (χ0n) is 8.49. The molecule has 0 saturated heterocycles. The van der Waals surface area contributed by atoms with Crippen LogP contribution in [0.1, 0.15) is 26.7 Å². The third kappa shape index (κ3) is 7.32.